The predicted molar refractivity (Wildman–Crippen MR) is 56.3 cm³/mol. The summed E-state index contributed by atoms with van der Waals surface area (Å²) in [6, 6.07) is 3.35. The molecular weight excluding hydrogens is 178 g/mol. The van der Waals surface area contributed by atoms with Gasteiger partial charge in [-0.15, -0.1) is 0 Å². The second-order valence-electron chi connectivity index (χ2n) is 3.17. The average Bonchev–Trinajstić information content (AvgIpc) is 2.14. The molecule has 0 bridgehead atoms. The van der Waals surface area contributed by atoms with Gasteiger partial charge in [-0.1, -0.05) is 6.92 Å². The first-order chi connectivity index (χ1) is 6.63. The Hall–Kier alpha value is -1.58. The molecule has 1 aromatic heterocycles. The molecule has 1 rings (SSSR count). The summed E-state index contributed by atoms with van der Waals surface area (Å²) in [6.45, 7) is 4.75. The summed E-state index contributed by atoms with van der Waals surface area (Å²) in [4.78, 5) is 15.2. The van der Waals surface area contributed by atoms with Crippen LogP contribution in [0.4, 0.5) is 5.82 Å². The van der Waals surface area contributed by atoms with Crippen LogP contribution in [0.25, 0.3) is 0 Å². The van der Waals surface area contributed by atoms with Crippen LogP contribution in [0.1, 0.15) is 29.4 Å². The number of amides is 1. The molecule has 0 unspecified atom stereocenters. The lowest BCUT2D eigenvalue weighted by Gasteiger charge is -2.06. The highest BCUT2D eigenvalue weighted by Crippen LogP contribution is 2.09. The fraction of sp³-hybridized carbons (Fsp3) is 0.400. The van der Waals surface area contributed by atoms with Gasteiger partial charge in [-0.3, -0.25) is 4.79 Å². The minimum Gasteiger partial charge on any atom is -0.370 e. The lowest BCUT2D eigenvalue weighted by molar-refractivity contribution is 0.1000. The maximum Gasteiger partial charge on any atom is 0.248 e. The maximum absolute atomic E-state index is 10.9. The molecule has 4 nitrogen and oxygen atoms in total. The van der Waals surface area contributed by atoms with Gasteiger partial charge in [-0.2, -0.15) is 0 Å². The summed E-state index contributed by atoms with van der Waals surface area (Å²) < 4.78 is 0. The van der Waals surface area contributed by atoms with E-state index in [1.165, 1.54) is 0 Å². The van der Waals surface area contributed by atoms with Crippen molar-refractivity contribution in [2.24, 2.45) is 5.73 Å². The number of pyridine rings is 1. The van der Waals surface area contributed by atoms with E-state index in [0.29, 0.717) is 11.4 Å². The highest BCUT2D eigenvalue weighted by atomic mass is 16.1. The minimum absolute atomic E-state index is 0.421. The van der Waals surface area contributed by atoms with Crippen molar-refractivity contribution in [1.29, 1.82) is 0 Å². The molecule has 0 aliphatic heterocycles. The molecule has 1 heterocycles. The SMILES string of the molecule is CCCNc1cc(C(N)=O)cc(C)n1. The molecule has 14 heavy (non-hydrogen) atoms. The first-order valence-electron chi connectivity index (χ1n) is 4.66. The molecule has 1 amide bonds. The summed E-state index contributed by atoms with van der Waals surface area (Å²) in [5.41, 5.74) is 6.47. The lowest BCUT2D eigenvalue weighted by Crippen LogP contribution is -2.13. The number of nitrogens with one attached hydrogen (secondary N) is 1. The number of primary amides is 1. The van der Waals surface area contributed by atoms with E-state index >= 15 is 0 Å². The third-order valence-corrected chi connectivity index (χ3v) is 1.79. The van der Waals surface area contributed by atoms with Crippen molar-refractivity contribution < 1.29 is 4.79 Å². The summed E-state index contributed by atoms with van der Waals surface area (Å²) in [6.07, 6.45) is 1.02. The molecule has 3 N–H and O–H groups in total. The zero-order valence-corrected chi connectivity index (χ0v) is 8.50. The summed E-state index contributed by atoms with van der Waals surface area (Å²) in [5, 5.41) is 3.11. The Morgan fingerprint density at radius 2 is 2.29 bits per heavy atom. The Kier molecular flexibility index (Phi) is 3.45. The predicted octanol–water partition coefficient (Wildman–Crippen LogP) is 1.31. The highest BCUT2D eigenvalue weighted by molar-refractivity contribution is 5.93. The molecule has 0 saturated heterocycles. The summed E-state index contributed by atoms with van der Waals surface area (Å²) >= 11 is 0. The van der Waals surface area contributed by atoms with Crippen molar-refractivity contribution in [2.75, 3.05) is 11.9 Å². The quantitative estimate of drug-likeness (QED) is 0.757. The van der Waals surface area contributed by atoms with Crippen molar-refractivity contribution in [2.45, 2.75) is 20.3 Å². The van der Waals surface area contributed by atoms with Crippen LogP contribution in [0.5, 0.6) is 0 Å². The number of hydrogen-bond acceptors (Lipinski definition) is 3. The van der Waals surface area contributed by atoms with Crippen LogP contribution in [0, 0.1) is 6.92 Å². The molecular formula is C10H15N3O. The van der Waals surface area contributed by atoms with Gasteiger partial charge in [-0.05, 0) is 25.5 Å². The number of aryl methyl sites for hydroxylation is 1. The van der Waals surface area contributed by atoms with Crippen molar-refractivity contribution in [3.8, 4) is 0 Å². The van der Waals surface area contributed by atoms with E-state index in [9.17, 15) is 4.79 Å². The third-order valence-electron chi connectivity index (χ3n) is 1.79. The van der Waals surface area contributed by atoms with Gasteiger partial charge in [-0.25, -0.2) is 4.98 Å². The Morgan fingerprint density at radius 3 is 2.86 bits per heavy atom. The Bertz CT molecular complexity index is 336. The van der Waals surface area contributed by atoms with E-state index in [-0.39, 0.29) is 0 Å². The van der Waals surface area contributed by atoms with E-state index in [1.807, 2.05) is 6.92 Å². The Morgan fingerprint density at radius 1 is 1.57 bits per heavy atom. The smallest absolute Gasteiger partial charge is 0.248 e. The topological polar surface area (TPSA) is 68.0 Å². The molecule has 0 aliphatic carbocycles. The molecule has 0 spiro atoms. The van der Waals surface area contributed by atoms with Crippen molar-refractivity contribution in [1.82, 2.24) is 4.98 Å². The zero-order valence-electron chi connectivity index (χ0n) is 8.50. The average molecular weight is 193 g/mol. The monoisotopic (exact) mass is 193 g/mol. The molecule has 1 aromatic rings. The number of nitrogens with two attached hydrogens (primary N) is 1. The highest BCUT2D eigenvalue weighted by Gasteiger charge is 2.03. The number of carbonyl (C=O) groups excluding carboxylic acids is 1. The lowest BCUT2D eigenvalue weighted by atomic mass is 10.2. The fourth-order valence-corrected chi connectivity index (χ4v) is 1.15. The van der Waals surface area contributed by atoms with Gasteiger partial charge in [0.1, 0.15) is 5.82 Å². The first kappa shape index (κ1) is 10.5. The molecule has 76 valence electrons. The van der Waals surface area contributed by atoms with Gasteiger partial charge in [0.05, 0.1) is 0 Å². The third kappa shape index (κ3) is 2.73. The van der Waals surface area contributed by atoms with Crippen LogP contribution < -0.4 is 11.1 Å². The molecule has 0 radical (unpaired) electrons. The van der Waals surface area contributed by atoms with E-state index in [2.05, 4.69) is 17.2 Å². The van der Waals surface area contributed by atoms with E-state index < -0.39 is 5.91 Å². The summed E-state index contributed by atoms with van der Waals surface area (Å²) in [5.74, 6) is 0.288. The number of hydrogen-bond donors (Lipinski definition) is 2. The number of rotatable bonds is 4. The van der Waals surface area contributed by atoms with Gasteiger partial charge in [0.2, 0.25) is 5.91 Å². The van der Waals surface area contributed by atoms with Crippen LogP contribution in [0.3, 0.4) is 0 Å². The fourth-order valence-electron chi connectivity index (χ4n) is 1.15. The van der Waals surface area contributed by atoms with E-state index in [0.717, 1.165) is 18.7 Å². The minimum atomic E-state index is -0.421. The van der Waals surface area contributed by atoms with Gasteiger partial charge in [0, 0.05) is 17.8 Å². The van der Waals surface area contributed by atoms with Crippen molar-refractivity contribution >= 4 is 11.7 Å². The van der Waals surface area contributed by atoms with Crippen molar-refractivity contribution in [3.63, 3.8) is 0 Å². The van der Waals surface area contributed by atoms with Crippen molar-refractivity contribution in [3.05, 3.63) is 23.4 Å². The van der Waals surface area contributed by atoms with E-state index in [1.54, 1.807) is 12.1 Å². The Labute approximate surface area is 83.5 Å². The van der Waals surface area contributed by atoms with Gasteiger partial charge >= 0.3 is 0 Å². The largest absolute Gasteiger partial charge is 0.370 e. The molecule has 0 saturated carbocycles. The number of anilines is 1. The molecule has 0 aromatic carbocycles. The van der Waals surface area contributed by atoms with Crippen LogP contribution in [-0.4, -0.2) is 17.4 Å². The normalized spacial score (nSPS) is 9.86. The second-order valence-corrected chi connectivity index (χ2v) is 3.17. The molecule has 4 heteroatoms. The maximum atomic E-state index is 10.9. The molecule has 0 fully saturated rings. The Balaban J connectivity index is 2.89. The number of aromatic nitrogens is 1. The number of carbonyl (C=O) groups is 1. The van der Waals surface area contributed by atoms with Gasteiger partial charge in [0.15, 0.2) is 0 Å². The van der Waals surface area contributed by atoms with Crippen LogP contribution >= 0.6 is 0 Å². The molecule has 0 atom stereocenters. The van der Waals surface area contributed by atoms with Gasteiger partial charge < -0.3 is 11.1 Å². The summed E-state index contributed by atoms with van der Waals surface area (Å²) in [7, 11) is 0. The first-order valence-corrected chi connectivity index (χ1v) is 4.66. The number of nitrogens with zero attached hydrogens (tertiary/aromatic N) is 1. The van der Waals surface area contributed by atoms with Crippen LogP contribution in [0.2, 0.25) is 0 Å². The van der Waals surface area contributed by atoms with Crippen LogP contribution in [-0.2, 0) is 0 Å². The van der Waals surface area contributed by atoms with E-state index in [4.69, 9.17) is 5.73 Å². The van der Waals surface area contributed by atoms with Crippen LogP contribution in [0.15, 0.2) is 12.1 Å². The molecule has 0 aliphatic rings. The second kappa shape index (κ2) is 4.60. The zero-order chi connectivity index (χ0) is 10.6. The van der Waals surface area contributed by atoms with Gasteiger partial charge in [0.25, 0.3) is 0 Å². The standard InChI is InChI=1S/C10H15N3O/c1-3-4-12-9-6-8(10(11)14)5-7(2)13-9/h5-6H,3-4H2,1-2H3,(H2,11,14)(H,12,13).